The SMILES string of the molecule is O=C(C1Cc2ccccc2C1)N1C[C@H]2C[C@@H](C1)[C@H](CO)N1CCCC[C@@H]21. The van der Waals surface area contributed by atoms with Gasteiger partial charge in [-0.05, 0) is 61.6 Å². The molecule has 0 spiro atoms. The van der Waals surface area contributed by atoms with Crippen LogP contribution in [-0.2, 0) is 17.6 Å². The summed E-state index contributed by atoms with van der Waals surface area (Å²) in [6.45, 7) is 3.15. The first kappa shape index (κ1) is 16.8. The quantitative estimate of drug-likeness (QED) is 0.884. The largest absolute Gasteiger partial charge is 0.395 e. The fourth-order valence-electron chi connectivity index (χ4n) is 6.33. The maximum absolute atomic E-state index is 13.3. The van der Waals surface area contributed by atoms with Crippen molar-refractivity contribution >= 4 is 5.91 Å². The molecule has 4 aliphatic rings. The number of amides is 1. The van der Waals surface area contributed by atoms with Crippen molar-refractivity contribution in [1.29, 1.82) is 0 Å². The van der Waals surface area contributed by atoms with Crippen molar-refractivity contribution in [1.82, 2.24) is 9.80 Å². The van der Waals surface area contributed by atoms with Gasteiger partial charge in [-0.2, -0.15) is 0 Å². The van der Waals surface area contributed by atoms with Gasteiger partial charge in [0.05, 0.1) is 6.61 Å². The minimum Gasteiger partial charge on any atom is -0.395 e. The van der Waals surface area contributed by atoms with E-state index in [1.54, 1.807) is 0 Å². The van der Waals surface area contributed by atoms with E-state index < -0.39 is 0 Å². The van der Waals surface area contributed by atoms with Crippen molar-refractivity contribution in [3.63, 3.8) is 0 Å². The van der Waals surface area contributed by atoms with E-state index in [2.05, 4.69) is 34.1 Å². The summed E-state index contributed by atoms with van der Waals surface area (Å²) in [5, 5.41) is 10.1. The fraction of sp³-hybridized carbons (Fsp3) is 0.682. The minimum atomic E-state index is 0.126. The fourth-order valence-corrected chi connectivity index (χ4v) is 6.33. The normalized spacial score (nSPS) is 34.4. The molecule has 1 aromatic carbocycles. The Morgan fingerprint density at radius 3 is 2.54 bits per heavy atom. The van der Waals surface area contributed by atoms with Crippen molar-refractivity contribution in [3.05, 3.63) is 35.4 Å². The van der Waals surface area contributed by atoms with E-state index in [9.17, 15) is 9.90 Å². The molecule has 3 fully saturated rings. The third-order valence-corrected chi connectivity index (χ3v) is 7.52. The minimum absolute atomic E-state index is 0.126. The predicted octanol–water partition coefficient (Wildman–Crippen LogP) is 2.10. The standard InChI is InChI=1S/C22H30N2O2/c25-14-21-19-11-18(20-7-3-4-8-24(20)21)12-23(13-19)22(26)17-9-15-5-1-2-6-16(15)10-17/h1-2,5-6,17-21,25H,3-4,7-14H2/t18-,19+,20+,21+/m1/s1. The third-order valence-electron chi connectivity index (χ3n) is 7.52. The van der Waals surface area contributed by atoms with Crippen LogP contribution in [0, 0.1) is 17.8 Å². The zero-order valence-corrected chi connectivity index (χ0v) is 15.5. The molecule has 140 valence electrons. The zero-order valence-electron chi connectivity index (χ0n) is 15.5. The molecule has 0 unspecified atom stereocenters. The molecule has 1 amide bonds. The van der Waals surface area contributed by atoms with E-state index in [1.165, 1.54) is 36.8 Å². The van der Waals surface area contributed by atoms with E-state index in [0.29, 0.717) is 23.8 Å². The Morgan fingerprint density at radius 1 is 1.08 bits per heavy atom. The number of nitrogens with zero attached hydrogens (tertiary/aromatic N) is 2. The number of aliphatic hydroxyl groups excluding tert-OH is 1. The molecule has 2 bridgehead atoms. The van der Waals surface area contributed by atoms with Crippen molar-refractivity contribution in [3.8, 4) is 0 Å². The van der Waals surface area contributed by atoms with E-state index in [0.717, 1.165) is 32.5 Å². The van der Waals surface area contributed by atoms with Crippen molar-refractivity contribution in [2.45, 2.75) is 50.6 Å². The van der Waals surface area contributed by atoms with Gasteiger partial charge in [-0.15, -0.1) is 0 Å². The highest BCUT2D eigenvalue weighted by atomic mass is 16.3. The second kappa shape index (κ2) is 6.65. The first-order valence-corrected chi connectivity index (χ1v) is 10.5. The van der Waals surface area contributed by atoms with Gasteiger partial charge in [0, 0.05) is 31.1 Å². The summed E-state index contributed by atoms with van der Waals surface area (Å²) < 4.78 is 0. The summed E-state index contributed by atoms with van der Waals surface area (Å²) >= 11 is 0. The Morgan fingerprint density at radius 2 is 1.81 bits per heavy atom. The van der Waals surface area contributed by atoms with Crippen LogP contribution in [-0.4, -0.2) is 59.1 Å². The number of carbonyl (C=O) groups excluding carboxylic acids is 1. The van der Waals surface area contributed by atoms with Gasteiger partial charge in [0.15, 0.2) is 0 Å². The lowest BCUT2D eigenvalue weighted by molar-refractivity contribution is -0.146. The predicted molar refractivity (Wildman–Crippen MR) is 101 cm³/mol. The second-order valence-corrected chi connectivity index (χ2v) is 8.92. The highest BCUT2D eigenvalue weighted by Gasteiger charge is 2.48. The molecule has 1 aromatic rings. The van der Waals surface area contributed by atoms with Crippen molar-refractivity contribution in [2.24, 2.45) is 17.8 Å². The number of rotatable bonds is 2. The van der Waals surface area contributed by atoms with Crippen LogP contribution in [0.3, 0.4) is 0 Å². The molecule has 3 heterocycles. The molecule has 1 N–H and O–H groups in total. The van der Waals surface area contributed by atoms with E-state index in [4.69, 9.17) is 0 Å². The third kappa shape index (κ3) is 2.69. The highest BCUT2D eigenvalue weighted by molar-refractivity contribution is 5.80. The molecule has 1 aliphatic carbocycles. The molecule has 4 atom stereocenters. The molecular weight excluding hydrogens is 324 g/mol. The summed E-state index contributed by atoms with van der Waals surface area (Å²) in [5.74, 6) is 1.53. The number of hydrogen-bond donors (Lipinski definition) is 1. The summed E-state index contributed by atoms with van der Waals surface area (Å²) in [6.07, 6.45) is 6.80. The van der Waals surface area contributed by atoms with Crippen LogP contribution in [0.5, 0.6) is 0 Å². The first-order chi connectivity index (χ1) is 12.7. The Kier molecular flexibility index (Phi) is 4.29. The number of fused-ring (bicyclic) bond motifs is 5. The van der Waals surface area contributed by atoms with Gasteiger partial charge in [0.25, 0.3) is 0 Å². The number of carbonyl (C=O) groups is 1. The van der Waals surface area contributed by atoms with Gasteiger partial charge in [0.1, 0.15) is 0 Å². The average Bonchev–Trinajstić information content (AvgIpc) is 3.12. The smallest absolute Gasteiger partial charge is 0.226 e. The van der Waals surface area contributed by atoms with Gasteiger partial charge in [0.2, 0.25) is 5.91 Å². The van der Waals surface area contributed by atoms with Gasteiger partial charge in [-0.1, -0.05) is 30.7 Å². The Hall–Kier alpha value is -1.39. The van der Waals surface area contributed by atoms with Crippen LogP contribution in [0.25, 0.3) is 0 Å². The monoisotopic (exact) mass is 354 g/mol. The molecule has 0 radical (unpaired) electrons. The van der Waals surface area contributed by atoms with E-state index >= 15 is 0 Å². The van der Waals surface area contributed by atoms with Gasteiger partial charge in [-0.3, -0.25) is 9.69 Å². The van der Waals surface area contributed by atoms with Crippen LogP contribution >= 0.6 is 0 Å². The number of piperidine rings is 3. The number of likely N-dealkylation sites (tertiary alicyclic amines) is 1. The van der Waals surface area contributed by atoms with Crippen molar-refractivity contribution in [2.75, 3.05) is 26.2 Å². The average molecular weight is 354 g/mol. The maximum Gasteiger partial charge on any atom is 0.226 e. The van der Waals surface area contributed by atoms with Gasteiger partial charge < -0.3 is 10.0 Å². The van der Waals surface area contributed by atoms with Gasteiger partial charge >= 0.3 is 0 Å². The van der Waals surface area contributed by atoms with Crippen molar-refractivity contribution < 1.29 is 9.90 Å². The molecular formula is C22H30N2O2. The van der Waals surface area contributed by atoms with Gasteiger partial charge in [-0.25, -0.2) is 0 Å². The molecule has 26 heavy (non-hydrogen) atoms. The number of hydrogen-bond acceptors (Lipinski definition) is 3. The summed E-state index contributed by atoms with van der Waals surface area (Å²) in [4.78, 5) is 18.1. The Balaban J connectivity index is 1.33. The van der Waals surface area contributed by atoms with Crippen LogP contribution in [0.2, 0.25) is 0 Å². The Bertz CT molecular complexity index is 651. The zero-order chi connectivity index (χ0) is 17.7. The lowest BCUT2D eigenvalue weighted by atomic mass is 9.72. The second-order valence-electron chi connectivity index (χ2n) is 8.92. The van der Waals surface area contributed by atoms with Crippen LogP contribution in [0.1, 0.15) is 36.8 Å². The maximum atomic E-state index is 13.3. The number of aliphatic hydroxyl groups is 1. The highest BCUT2D eigenvalue weighted by Crippen LogP contribution is 2.41. The van der Waals surface area contributed by atoms with E-state index in [-0.39, 0.29) is 18.6 Å². The molecule has 3 aliphatic heterocycles. The molecule has 0 saturated carbocycles. The van der Waals surface area contributed by atoms with Crippen LogP contribution in [0.4, 0.5) is 0 Å². The van der Waals surface area contributed by atoms with Crippen LogP contribution < -0.4 is 0 Å². The molecule has 4 heteroatoms. The van der Waals surface area contributed by atoms with Crippen LogP contribution in [0.15, 0.2) is 24.3 Å². The summed E-state index contributed by atoms with van der Waals surface area (Å²) in [6, 6.07) is 9.35. The van der Waals surface area contributed by atoms with E-state index in [1.807, 2.05) is 0 Å². The Labute approximate surface area is 156 Å². The molecule has 0 aromatic heterocycles. The number of benzene rings is 1. The molecule has 5 rings (SSSR count). The first-order valence-electron chi connectivity index (χ1n) is 10.5. The summed E-state index contributed by atoms with van der Waals surface area (Å²) in [7, 11) is 0. The summed E-state index contributed by atoms with van der Waals surface area (Å²) in [5.41, 5.74) is 2.71. The molecule has 4 nitrogen and oxygen atoms in total. The molecule has 3 saturated heterocycles. The lowest BCUT2D eigenvalue weighted by Crippen LogP contribution is -2.65. The topological polar surface area (TPSA) is 43.8 Å². The lowest BCUT2D eigenvalue weighted by Gasteiger charge is -2.56.